The second-order valence-corrected chi connectivity index (χ2v) is 8.07. The molecule has 1 heterocycles. The number of phenolic OH excluding ortho intramolecular Hbond substituents is 1. The normalized spacial score (nSPS) is 18.7. The lowest BCUT2D eigenvalue weighted by Crippen LogP contribution is -2.64. The Bertz CT molecular complexity index is 863. The number of carbonyl (C=O) groups is 1. The predicted octanol–water partition coefficient (Wildman–Crippen LogP) is 3.51. The van der Waals surface area contributed by atoms with E-state index < -0.39 is 5.41 Å². The Morgan fingerprint density at radius 3 is 2.59 bits per heavy atom. The molecule has 2 aromatic carbocycles. The summed E-state index contributed by atoms with van der Waals surface area (Å²) in [5.41, 5.74) is 0.755. The number of aromatic hydroxyl groups is 1. The maximum atomic E-state index is 14.2. The Hall–Kier alpha value is -2.11. The van der Waals surface area contributed by atoms with Gasteiger partial charge >= 0.3 is 0 Å². The van der Waals surface area contributed by atoms with Crippen molar-refractivity contribution in [1.82, 2.24) is 10.2 Å². The van der Waals surface area contributed by atoms with Crippen LogP contribution in [-0.4, -0.2) is 35.0 Å². The van der Waals surface area contributed by atoms with Crippen LogP contribution in [0, 0.1) is 11.2 Å². The van der Waals surface area contributed by atoms with E-state index in [2.05, 4.69) is 10.2 Å². The average molecular weight is 389 g/mol. The summed E-state index contributed by atoms with van der Waals surface area (Å²) in [7, 11) is 0. The molecule has 27 heavy (non-hydrogen) atoms. The van der Waals surface area contributed by atoms with Crippen LogP contribution in [0.25, 0.3) is 0 Å². The number of rotatable bonds is 6. The van der Waals surface area contributed by atoms with Crippen molar-refractivity contribution in [2.45, 2.75) is 31.8 Å². The minimum Gasteiger partial charge on any atom is -0.506 e. The Kier molecular flexibility index (Phi) is 4.82. The lowest BCUT2D eigenvalue weighted by atomic mass is 9.73. The van der Waals surface area contributed by atoms with Gasteiger partial charge in [0.1, 0.15) is 11.6 Å². The highest BCUT2D eigenvalue weighted by Crippen LogP contribution is 2.38. The molecule has 1 amide bonds. The molecule has 1 aliphatic heterocycles. The maximum absolute atomic E-state index is 14.2. The number of hydrogen-bond donors (Lipinski definition) is 2. The topological polar surface area (TPSA) is 52.6 Å². The average Bonchev–Trinajstić information content (AvgIpc) is 3.42. The first-order chi connectivity index (χ1) is 13.0. The number of benzene rings is 2. The molecule has 2 aliphatic rings. The number of amides is 1. The van der Waals surface area contributed by atoms with Crippen LogP contribution in [0.3, 0.4) is 0 Å². The molecule has 1 saturated heterocycles. The van der Waals surface area contributed by atoms with Crippen LogP contribution in [0.15, 0.2) is 42.5 Å². The van der Waals surface area contributed by atoms with Crippen molar-refractivity contribution in [2.24, 2.45) is 5.41 Å². The SMILES string of the molecule is O=C(NC1CC1)C1(Cc2ccccc2F)CN(Cc2cccc(O)c2Cl)C1. The second kappa shape index (κ2) is 7.13. The van der Waals surface area contributed by atoms with Crippen LogP contribution < -0.4 is 5.32 Å². The molecule has 1 aliphatic carbocycles. The highest BCUT2D eigenvalue weighted by Gasteiger charge is 2.50. The Morgan fingerprint density at radius 1 is 1.19 bits per heavy atom. The number of hydrogen-bond acceptors (Lipinski definition) is 3. The van der Waals surface area contributed by atoms with E-state index in [0.717, 1.165) is 18.4 Å². The third-order valence-electron chi connectivity index (χ3n) is 5.39. The number of nitrogens with one attached hydrogen (secondary N) is 1. The van der Waals surface area contributed by atoms with E-state index in [0.29, 0.717) is 36.6 Å². The van der Waals surface area contributed by atoms with E-state index in [1.54, 1.807) is 30.3 Å². The fourth-order valence-electron chi connectivity index (χ4n) is 3.76. The minimum absolute atomic E-state index is 0.00603. The minimum atomic E-state index is -0.631. The predicted molar refractivity (Wildman–Crippen MR) is 102 cm³/mol. The van der Waals surface area contributed by atoms with Crippen molar-refractivity contribution in [2.75, 3.05) is 13.1 Å². The van der Waals surface area contributed by atoms with Crippen molar-refractivity contribution in [3.63, 3.8) is 0 Å². The van der Waals surface area contributed by atoms with Crippen molar-refractivity contribution in [3.8, 4) is 5.75 Å². The molecule has 0 atom stereocenters. The molecule has 1 saturated carbocycles. The summed E-state index contributed by atoms with van der Waals surface area (Å²) in [6.07, 6.45) is 2.41. The molecule has 0 unspecified atom stereocenters. The van der Waals surface area contributed by atoms with Gasteiger partial charge < -0.3 is 10.4 Å². The summed E-state index contributed by atoms with van der Waals surface area (Å²) < 4.78 is 14.2. The molecule has 4 rings (SSSR count). The van der Waals surface area contributed by atoms with Gasteiger partial charge in [0.05, 0.1) is 10.4 Å². The van der Waals surface area contributed by atoms with Crippen LogP contribution in [0.5, 0.6) is 5.75 Å². The highest BCUT2D eigenvalue weighted by molar-refractivity contribution is 6.32. The quantitative estimate of drug-likeness (QED) is 0.796. The van der Waals surface area contributed by atoms with Gasteiger partial charge in [-0.2, -0.15) is 0 Å². The van der Waals surface area contributed by atoms with Crippen LogP contribution in [0.4, 0.5) is 4.39 Å². The zero-order valence-corrected chi connectivity index (χ0v) is 15.7. The van der Waals surface area contributed by atoms with Gasteiger partial charge in [0.15, 0.2) is 0 Å². The summed E-state index contributed by atoms with van der Waals surface area (Å²) >= 11 is 6.17. The third kappa shape index (κ3) is 3.80. The summed E-state index contributed by atoms with van der Waals surface area (Å²) in [4.78, 5) is 15.0. The molecule has 0 aromatic heterocycles. The molecule has 0 radical (unpaired) electrons. The molecule has 142 valence electrons. The van der Waals surface area contributed by atoms with Gasteiger partial charge in [0.2, 0.25) is 5.91 Å². The van der Waals surface area contributed by atoms with Crippen molar-refractivity contribution >= 4 is 17.5 Å². The Balaban J connectivity index is 1.50. The second-order valence-electron chi connectivity index (χ2n) is 7.69. The van der Waals surface area contributed by atoms with Gasteiger partial charge in [-0.05, 0) is 42.5 Å². The Morgan fingerprint density at radius 2 is 1.89 bits per heavy atom. The summed E-state index contributed by atoms with van der Waals surface area (Å²) in [6.45, 7) is 1.61. The number of phenols is 1. The van der Waals surface area contributed by atoms with E-state index >= 15 is 0 Å². The molecule has 0 bridgehead atoms. The monoisotopic (exact) mass is 388 g/mol. The first kappa shape index (κ1) is 18.3. The fraction of sp³-hybridized carbons (Fsp3) is 0.381. The van der Waals surface area contributed by atoms with Gasteiger partial charge in [-0.25, -0.2) is 4.39 Å². The van der Waals surface area contributed by atoms with Gasteiger partial charge in [-0.3, -0.25) is 9.69 Å². The first-order valence-electron chi connectivity index (χ1n) is 9.20. The zero-order valence-electron chi connectivity index (χ0n) is 14.9. The van der Waals surface area contributed by atoms with Crippen molar-refractivity contribution in [3.05, 3.63) is 64.4 Å². The lowest BCUT2D eigenvalue weighted by molar-refractivity contribution is -0.142. The van der Waals surface area contributed by atoms with Crippen molar-refractivity contribution in [1.29, 1.82) is 0 Å². The lowest BCUT2D eigenvalue weighted by Gasteiger charge is -2.49. The zero-order chi connectivity index (χ0) is 19.0. The van der Waals surface area contributed by atoms with E-state index in [4.69, 9.17) is 11.6 Å². The fourth-order valence-corrected chi connectivity index (χ4v) is 3.94. The smallest absolute Gasteiger partial charge is 0.229 e. The number of carbonyl (C=O) groups excluding carboxylic acids is 1. The van der Waals surface area contributed by atoms with Crippen LogP contribution >= 0.6 is 11.6 Å². The van der Waals surface area contributed by atoms with Crippen LogP contribution in [-0.2, 0) is 17.8 Å². The molecule has 6 heteroatoms. The summed E-state index contributed by atoms with van der Waals surface area (Å²) in [5, 5.41) is 13.2. The molecular weight excluding hydrogens is 367 g/mol. The standard InChI is InChI=1S/C21H22ClFN2O2/c22-19-15(5-3-7-18(19)26)11-25-12-21(13-25,20(27)24-16-8-9-16)10-14-4-1-2-6-17(14)23/h1-7,16,26H,8-13H2,(H,24,27). The first-order valence-corrected chi connectivity index (χ1v) is 9.58. The highest BCUT2D eigenvalue weighted by atomic mass is 35.5. The van der Waals surface area contributed by atoms with E-state index in [-0.39, 0.29) is 23.5 Å². The molecule has 4 nitrogen and oxygen atoms in total. The van der Waals surface area contributed by atoms with Gasteiger partial charge in [0, 0.05) is 25.7 Å². The molecule has 2 fully saturated rings. The largest absolute Gasteiger partial charge is 0.506 e. The molecular formula is C21H22ClFN2O2. The Labute approximate surface area is 162 Å². The van der Waals surface area contributed by atoms with Crippen LogP contribution in [0.2, 0.25) is 5.02 Å². The van der Waals surface area contributed by atoms with E-state index in [9.17, 15) is 14.3 Å². The van der Waals surface area contributed by atoms with Gasteiger partial charge in [-0.1, -0.05) is 41.9 Å². The van der Waals surface area contributed by atoms with Gasteiger partial charge in [-0.15, -0.1) is 0 Å². The third-order valence-corrected chi connectivity index (χ3v) is 5.82. The number of nitrogens with zero attached hydrogens (tertiary/aromatic N) is 1. The molecule has 2 N–H and O–H groups in total. The van der Waals surface area contributed by atoms with E-state index in [1.165, 1.54) is 6.07 Å². The molecule has 0 spiro atoms. The maximum Gasteiger partial charge on any atom is 0.229 e. The molecule has 2 aromatic rings. The van der Waals surface area contributed by atoms with Crippen molar-refractivity contribution < 1.29 is 14.3 Å². The van der Waals surface area contributed by atoms with Crippen LogP contribution in [0.1, 0.15) is 24.0 Å². The number of likely N-dealkylation sites (tertiary alicyclic amines) is 1. The van der Waals surface area contributed by atoms with E-state index in [1.807, 2.05) is 6.07 Å². The van der Waals surface area contributed by atoms with Gasteiger partial charge in [0.25, 0.3) is 0 Å². The summed E-state index contributed by atoms with van der Waals surface area (Å²) in [6, 6.07) is 12.1. The number of halogens is 2. The summed E-state index contributed by atoms with van der Waals surface area (Å²) in [5.74, 6) is -0.212.